The zero-order valence-corrected chi connectivity index (χ0v) is 11.9. The lowest BCUT2D eigenvalue weighted by Crippen LogP contribution is -2.01. The summed E-state index contributed by atoms with van der Waals surface area (Å²) in [5.74, 6) is 0.647. The molecule has 0 heterocycles. The predicted octanol–water partition coefficient (Wildman–Crippen LogP) is 4.63. The van der Waals surface area contributed by atoms with Crippen LogP contribution in [0.5, 0.6) is 5.75 Å². The molecule has 0 amide bonds. The van der Waals surface area contributed by atoms with Crippen LogP contribution in [0.4, 0.5) is 0 Å². The van der Waals surface area contributed by atoms with Gasteiger partial charge in [-0.3, -0.25) is 0 Å². The van der Waals surface area contributed by atoms with Gasteiger partial charge in [0, 0.05) is 11.1 Å². The Labute approximate surface area is 122 Å². The molecule has 0 radical (unpaired) electrons. The number of benzene rings is 2. The van der Waals surface area contributed by atoms with Crippen LogP contribution in [-0.2, 0) is 6.61 Å². The van der Waals surface area contributed by atoms with Crippen molar-refractivity contribution < 1.29 is 9.84 Å². The Morgan fingerprint density at radius 2 is 1.84 bits per heavy atom. The van der Waals surface area contributed by atoms with E-state index in [2.05, 4.69) is 0 Å². The van der Waals surface area contributed by atoms with E-state index in [1.807, 2.05) is 36.4 Å². The van der Waals surface area contributed by atoms with Crippen LogP contribution in [-0.4, -0.2) is 5.11 Å². The topological polar surface area (TPSA) is 29.5 Å². The van der Waals surface area contributed by atoms with Crippen LogP contribution >= 0.6 is 23.2 Å². The zero-order valence-electron chi connectivity index (χ0n) is 10.4. The molecule has 100 valence electrons. The van der Waals surface area contributed by atoms with Gasteiger partial charge in [-0.05, 0) is 19.1 Å². The van der Waals surface area contributed by atoms with Crippen molar-refractivity contribution in [3.8, 4) is 5.75 Å². The van der Waals surface area contributed by atoms with Crippen LogP contribution < -0.4 is 4.74 Å². The van der Waals surface area contributed by atoms with Crippen molar-refractivity contribution in [2.75, 3.05) is 0 Å². The minimum Gasteiger partial charge on any atom is -0.488 e. The summed E-state index contributed by atoms with van der Waals surface area (Å²) in [4.78, 5) is 0. The van der Waals surface area contributed by atoms with Crippen LogP contribution in [0.25, 0.3) is 0 Å². The van der Waals surface area contributed by atoms with E-state index in [0.717, 1.165) is 11.1 Å². The van der Waals surface area contributed by atoms with E-state index in [0.29, 0.717) is 22.4 Å². The van der Waals surface area contributed by atoms with E-state index in [4.69, 9.17) is 27.9 Å². The highest BCUT2D eigenvalue weighted by Crippen LogP contribution is 2.29. The first-order valence-corrected chi connectivity index (χ1v) is 6.68. The van der Waals surface area contributed by atoms with Crippen molar-refractivity contribution in [2.45, 2.75) is 19.6 Å². The highest BCUT2D eigenvalue weighted by molar-refractivity contribution is 6.42. The minimum atomic E-state index is -0.578. The van der Waals surface area contributed by atoms with Gasteiger partial charge in [0.05, 0.1) is 16.1 Å². The van der Waals surface area contributed by atoms with Gasteiger partial charge in [0.15, 0.2) is 0 Å². The zero-order chi connectivity index (χ0) is 13.8. The number of hydrogen-bond donors (Lipinski definition) is 1. The summed E-state index contributed by atoms with van der Waals surface area (Å²) in [6.07, 6.45) is -0.578. The van der Waals surface area contributed by atoms with Crippen molar-refractivity contribution >= 4 is 23.2 Å². The maximum absolute atomic E-state index is 9.67. The van der Waals surface area contributed by atoms with E-state index >= 15 is 0 Å². The third kappa shape index (κ3) is 3.41. The molecule has 1 N–H and O–H groups in total. The molecule has 0 aliphatic carbocycles. The highest BCUT2D eigenvalue weighted by Gasteiger charge is 2.10. The molecule has 0 saturated heterocycles. The highest BCUT2D eigenvalue weighted by atomic mass is 35.5. The first-order chi connectivity index (χ1) is 9.09. The van der Waals surface area contributed by atoms with Gasteiger partial charge in [0.2, 0.25) is 0 Å². The molecule has 0 fully saturated rings. The quantitative estimate of drug-likeness (QED) is 0.891. The van der Waals surface area contributed by atoms with Crippen LogP contribution in [0.15, 0.2) is 42.5 Å². The molecular weight excluding hydrogens is 283 g/mol. The van der Waals surface area contributed by atoms with Gasteiger partial charge in [-0.2, -0.15) is 0 Å². The molecule has 0 aliphatic heterocycles. The normalized spacial score (nSPS) is 12.2. The summed E-state index contributed by atoms with van der Waals surface area (Å²) in [5, 5.41) is 10.7. The Kier molecular flexibility index (Phi) is 4.70. The Morgan fingerprint density at radius 1 is 1.11 bits per heavy atom. The molecule has 1 unspecified atom stereocenters. The van der Waals surface area contributed by atoms with E-state index in [-0.39, 0.29) is 0 Å². The molecule has 0 spiro atoms. The fourth-order valence-electron chi connectivity index (χ4n) is 1.77. The van der Waals surface area contributed by atoms with Gasteiger partial charge in [-0.25, -0.2) is 0 Å². The summed E-state index contributed by atoms with van der Waals surface area (Å²) in [6, 6.07) is 12.8. The third-order valence-electron chi connectivity index (χ3n) is 2.78. The Hall–Kier alpha value is -1.22. The number of rotatable bonds is 4. The molecule has 4 heteroatoms. The van der Waals surface area contributed by atoms with Crippen LogP contribution in [0.1, 0.15) is 24.2 Å². The standard InChI is InChI=1S/C15H14Cl2O2/c1-10(18)12-6-2-3-8-14(12)19-9-11-5-4-7-13(16)15(11)17/h2-8,10,18H,9H2,1H3. The van der Waals surface area contributed by atoms with Gasteiger partial charge in [-0.15, -0.1) is 0 Å². The summed E-state index contributed by atoms with van der Waals surface area (Å²) in [7, 11) is 0. The summed E-state index contributed by atoms with van der Waals surface area (Å²) in [6.45, 7) is 2.01. The van der Waals surface area contributed by atoms with E-state index < -0.39 is 6.10 Å². The number of aliphatic hydroxyl groups excluding tert-OH is 1. The summed E-state index contributed by atoms with van der Waals surface area (Å²) in [5.41, 5.74) is 1.57. The Balaban J connectivity index is 2.17. The average molecular weight is 297 g/mol. The summed E-state index contributed by atoms with van der Waals surface area (Å²) >= 11 is 12.1. The monoisotopic (exact) mass is 296 g/mol. The number of halogens is 2. The molecular formula is C15H14Cl2O2. The van der Waals surface area contributed by atoms with Gasteiger partial charge in [-0.1, -0.05) is 53.5 Å². The molecule has 2 aromatic carbocycles. The third-order valence-corrected chi connectivity index (χ3v) is 3.64. The molecule has 1 atom stereocenters. The summed E-state index contributed by atoms with van der Waals surface area (Å²) < 4.78 is 5.72. The second kappa shape index (κ2) is 6.29. The van der Waals surface area contributed by atoms with Crippen LogP contribution in [0.2, 0.25) is 10.0 Å². The first-order valence-electron chi connectivity index (χ1n) is 5.92. The van der Waals surface area contributed by atoms with Gasteiger partial charge >= 0.3 is 0 Å². The largest absolute Gasteiger partial charge is 0.488 e. The number of aliphatic hydroxyl groups is 1. The van der Waals surface area contributed by atoms with Crippen molar-refractivity contribution in [1.82, 2.24) is 0 Å². The van der Waals surface area contributed by atoms with Crippen LogP contribution in [0.3, 0.4) is 0 Å². The maximum Gasteiger partial charge on any atom is 0.125 e. The predicted molar refractivity (Wildman–Crippen MR) is 77.9 cm³/mol. The minimum absolute atomic E-state index is 0.309. The van der Waals surface area contributed by atoms with Crippen molar-refractivity contribution in [1.29, 1.82) is 0 Å². The number of ether oxygens (including phenoxy) is 1. The maximum atomic E-state index is 9.67. The van der Waals surface area contributed by atoms with Gasteiger partial charge < -0.3 is 9.84 Å². The van der Waals surface area contributed by atoms with E-state index in [9.17, 15) is 5.11 Å². The van der Waals surface area contributed by atoms with Crippen LogP contribution in [0, 0.1) is 0 Å². The molecule has 0 aliphatic rings. The Bertz CT molecular complexity index is 568. The smallest absolute Gasteiger partial charge is 0.125 e. The van der Waals surface area contributed by atoms with Gasteiger partial charge in [0.1, 0.15) is 12.4 Å². The molecule has 0 bridgehead atoms. The molecule has 2 rings (SSSR count). The van der Waals surface area contributed by atoms with E-state index in [1.54, 1.807) is 13.0 Å². The lowest BCUT2D eigenvalue weighted by molar-refractivity contribution is 0.190. The van der Waals surface area contributed by atoms with Crippen molar-refractivity contribution in [3.63, 3.8) is 0 Å². The molecule has 0 aromatic heterocycles. The molecule has 2 nitrogen and oxygen atoms in total. The number of hydrogen-bond acceptors (Lipinski definition) is 2. The lowest BCUT2D eigenvalue weighted by Gasteiger charge is -2.14. The fraction of sp³-hybridized carbons (Fsp3) is 0.200. The fourth-order valence-corrected chi connectivity index (χ4v) is 2.15. The molecule has 19 heavy (non-hydrogen) atoms. The SMILES string of the molecule is CC(O)c1ccccc1OCc1cccc(Cl)c1Cl. The second-order valence-electron chi connectivity index (χ2n) is 4.22. The second-order valence-corrected chi connectivity index (χ2v) is 5.00. The lowest BCUT2D eigenvalue weighted by atomic mass is 10.1. The average Bonchev–Trinajstić information content (AvgIpc) is 2.40. The Morgan fingerprint density at radius 3 is 2.58 bits per heavy atom. The van der Waals surface area contributed by atoms with E-state index in [1.165, 1.54) is 0 Å². The molecule has 0 saturated carbocycles. The van der Waals surface area contributed by atoms with Crippen molar-refractivity contribution in [3.05, 3.63) is 63.6 Å². The molecule has 2 aromatic rings. The van der Waals surface area contributed by atoms with Gasteiger partial charge in [0.25, 0.3) is 0 Å². The van der Waals surface area contributed by atoms with Crippen molar-refractivity contribution in [2.24, 2.45) is 0 Å². The first kappa shape index (κ1) is 14.2. The number of para-hydroxylation sites is 1.